The zero-order chi connectivity index (χ0) is 9.80. The third-order valence-electron chi connectivity index (χ3n) is 2.13. The normalized spacial score (nSPS) is 17.0. The number of guanidine groups is 1. The van der Waals surface area contributed by atoms with Crippen LogP contribution in [-0.2, 0) is 6.54 Å². The maximum absolute atomic E-state index is 5.67. The van der Waals surface area contributed by atoms with Gasteiger partial charge in [-0.15, -0.1) is 0 Å². The van der Waals surface area contributed by atoms with Crippen LogP contribution in [0.25, 0.3) is 0 Å². The first-order valence-corrected chi connectivity index (χ1v) is 4.87. The standard InChI is InChI=1S/C9H15N5/c10-9(13-8-1-2-8)12-4-6-14-5-3-11-7-14/h3,5,7-8H,1-2,4,6H2,(H3,10,12,13). The minimum Gasteiger partial charge on any atom is -0.370 e. The SMILES string of the molecule is NC(=NCCn1ccnc1)NC1CC1. The van der Waals surface area contributed by atoms with Gasteiger partial charge in [-0.1, -0.05) is 0 Å². The van der Waals surface area contributed by atoms with Gasteiger partial charge in [0.15, 0.2) is 5.96 Å². The Morgan fingerprint density at radius 3 is 3.14 bits per heavy atom. The number of nitrogens with zero attached hydrogens (tertiary/aromatic N) is 3. The maximum atomic E-state index is 5.67. The summed E-state index contributed by atoms with van der Waals surface area (Å²) in [6, 6.07) is 0.576. The van der Waals surface area contributed by atoms with Gasteiger partial charge in [-0.05, 0) is 12.8 Å². The third-order valence-corrected chi connectivity index (χ3v) is 2.13. The van der Waals surface area contributed by atoms with Crippen molar-refractivity contribution < 1.29 is 0 Å². The molecule has 0 aromatic carbocycles. The van der Waals surface area contributed by atoms with Gasteiger partial charge in [-0.2, -0.15) is 0 Å². The van der Waals surface area contributed by atoms with E-state index < -0.39 is 0 Å². The van der Waals surface area contributed by atoms with E-state index in [1.807, 2.05) is 10.8 Å². The molecule has 5 heteroatoms. The first-order valence-electron chi connectivity index (χ1n) is 4.87. The van der Waals surface area contributed by atoms with E-state index in [1.54, 1.807) is 12.5 Å². The number of nitrogens with one attached hydrogen (secondary N) is 1. The molecule has 3 N–H and O–H groups in total. The molecule has 0 amide bonds. The molecular weight excluding hydrogens is 178 g/mol. The molecule has 1 fully saturated rings. The molecule has 0 atom stereocenters. The summed E-state index contributed by atoms with van der Waals surface area (Å²) < 4.78 is 1.98. The Bertz CT molecular complexity index is 299. The molecule has 1 aliphatic rings. The first kappa shape index (κ1) is 9.05. The highest BCUT2D eigenvalue weighted by molar-refractivity contribution is 5.78. The van der Waals surface area contributed by atoms with Crippen molar-refractivity contribution in [1.82, 2.24) is 14.9 Å². The summed E-state index contributed by atoms with van der Waals surface area (Å²) in [5.41, 5.74) is 5.67. The molecule has 1 aromatic heterocycles. The molecule has 0 unspecified atom stereocenters. The molecule has 1 aliphatic carbocycles. The minimum absolute atomic E-state index is 0.563. The van der Waals surface area contributed by atoms with E-state index in [9.17, 15) is 0 Å². The zero-order valence-electron chi connectivity index (χ0n) is 8.06. The van der Waals surface area contributed by atoms with Gasteiger partial charge < -0.3 is 15.6 Å². The molecule has 0 radical (unpaired) electrons. The second kappa shape index (κ2) is 4.13. The Hall–Kier alpha value is -1.52. The van der Waals surface area contributed by atoms with E-state index in [-0.39, 0.29) is 0 Å². The van der Waals surface area contributed by atoms with Gasteiger partial charge in [-0.25, -0.2) is 4.98 Å². The smallest absolute Gasteiger partial charge is 0.188 e. The van der Waals surface area contributed by atoms with Gasteiger partial charge >= 0.3 is 0 Å². The van der Waals surface area contributed by atoms with Gasteiger partial charge in [0.2, 0.25) is 0 Å². The summed E-state index contributed by atoms with van der Waals surface area (Å²) in [6.45, 7) is 1.52. The maximum Gasteiger partial charge on any atom is 0.188 e. The van der Waals surface area contributed by atoms with Crippen LogP contribution >= 0.6 is 0 Å². The van der Waals surface area contributed by atoms with E-state index in [4.69, 9.17) is 5.73 Å². The van der Waals surface area contributed by atoms with Gasteiger partial charge in [-0.3, -0.25) is 4.99 Å². The van der Waals surface area contributed by atoms with Crippen LogP contribution in [0.5, 0.6) is 0 Å². The molecule has 0 aliphatic heterocycles. The van der Waals surface area contributed by atoms with Crippen molar-refractivity contribution in [3.05, 3.63) is 18.7 Å². The Balaban J connectivity index is 1.69. The van der Waals surface area contributed by atoms with Crippen LogP contribution in [0.1, 0.15) is 12.8 Å². The zero-order valence-corrected chi connectivity index (χ0v) is 8.06. The topological polar surface area (TPSA) is 68.2 Å². The van der Waals surface area contributed by atoms with Gasteiger partial charge in [0.25, 0.3) is 0 Å². The second-order valence-electron chi connectivity index (χ2n) is 3.49. The number of hydrogen-bond acceptors (Lipinski definition) is 2. The molecule has 5 nitrogen and oxygen atoms in total. The van der Waals surface area contributed by atoms with Crippen molar-refractivity contribution in [2.75, 3.05) is 6.54 Å². The van der Waals surface area contributed by atoms with Crippen LogP contribution in [0.3, 0.4) is 0 Å². The van der Waals surface area contributed by atoms with Gasteiger partial charge in [0, 0.05) is 25.0 Å². The minimum atomic E-state index is 0.563. The van der Waals surface area contributed by atoms with Crippen molar-refractivity contribution in [3.8, 4) is 0 Å². The second-order valence-corrected chi connectivity index (χ2v) is 3.49. The van der Waals surface area contributed by atoms with Crippen LogP contribution in [0, 0.1) is 0 Å². The molecule has 1 saturated carbocycles. The number of rotatable bonds is 4. The Kier molecular flexibility index (Phi) is 2.67. The van der Waals surface area contributed by atoms with Crippen LogP contribution in [0.15, 0.2) is 23.7 Å². The van der Waals surface area contributed by atoms with Crippen LogP contribution in [0.2, 0.25) is 0 Å². The molecule has 14 heavy (non-hydrogen) atoms. The third kappa shape index (κ3) is 2.76. The summed E-state index contributed by atoms with van der Waals surface area (Å²) >= 11 is 0. The average molecular weight is 193 g/mol. The molecular formula is C9H15N5. The van der Waals surface area contributed by atoms with Crippen LogP contribution in [-0.4, -0.2) is 28.1 Å². The fraction of sp³-hybridized carbons (Fsp3) is 0.556. The number of aromatic nitrogens is 2. The Labute approximate surface area is 83.0 Å². The fourth-order valence-corrected chi connectivity index (χ4v) is 1.19. The van der Waals surface area contributed by atoms with Crippen molar-refractivity contribution in [2.24, 2.45) is 10.7 Å². The predicted octanol–water partition coefficient (Wildman–Crippen LogP) is -0.0502. The largest absolute Gasteiger partial charge is 0.370 e. The summed E-state index contributed by atoms with van der Waals surface area (Å²) in [5, 5.41) is 3.14. The number of aliphatic imine (C=N–C) groups is 1. The highest BCUT2D eigenvalue weighted by Gasteiger charge is 2.21. The highest BCUT2D eigenvalue weighted by atomic mass is 15.1. The Morgan fingerprint density at radius 1 is 1.64 bits per heavy atom. The van der Waals surface area contributed by atoms with Gasteiger partial charge in [0.05, 0.1) is 12.9 Å². The van der Waals surface area contributed by atoms with Crippen molar-refractivity contribution in [2.45, 2.75) is 25.4 Å². The lowest BCUT2D eigenvalue weighted by molar-refractivity contribution is 0.704. The molecule has 1 heterocycles. The van der Waals surface area contributed by atoms with Gasteiger partial charge in [0.1, 0.15) is 0 Å². The van der Waals surface area contributed by atoms with E-state index in [2.05, 4.69) is 15.3 Å². The quantitative estimate of drug-likeness (QED) is 0.520. The van der Waals surface area contributed by atoms with Crippen molar-refractivity contribution >= 4 is 5.96 Å². The first-order chi connectivity index (χ1) is 6.84. The summed E-state index contributed by atoms with van der Waals surface area (Å²) in [5.74, 6) is 0.563. The molecule has 1 aromatic rings. The number of nitrogens with two attached hydrogens (primary N) is 1. The summed E-state index contributed by atoms with van der Waals surface area (Å²) in [4.78, 5) is 8.16. The molecule has 0 saturated heterocycles. The number of imidazole rings is 1. The number of hydrogen-bond donors (Lipinski definition) is 2. The van der Waals surface area contributed by atoms with E-state index >= 15 is 0 Å². The van der Waals surface area contributed by atoms with E-state index in [0.29, 0.717) is 18.5 Å². The monoisotopic (exact) mass is 193 g/mol. The van der Waals surface area contributed by atoms with Crippen LogP contribution in [0.4, 0.5) is 0 Å². The summed E-state index contributed by atoms with van der Waals surface area (Å²) in [6.07, 6.45) is 7.89. The predicted molar refractivity (Wildman–Crippen MR) is 54.9 cm³/mol. The van der Waals surface area contributed by atoms with E-state index in [1.165, 1.54) is 12.8 Å². The molecule has 2 rings (SSSR count). The lowest BCUT2D eigenvalue weighted by Crippen LogP contribution is -2.33. The fourth-order valence-electron chi connectivity index (χ4n) is 1.19. The Morgan fingerprint density at radius 2 is 2.50 bits per heavy atom. The summed E-state index contributed by atoms with van der Waals surface area (Å²) in [7, 11) is 0. The van der Waals surface area contributed by atoms with Crippen molar-refractivity contribution in [3.63, 3.8) is 0 Å². The van der Waals surface area contributed by atoms with Crippen LogP contribution < -0.4 is 11.1 Å². The highest BCUT2D eigenvalue weighted by Crippen LogP contribution is 2.17. The molecule has 0 spiro atoms. The van der Waals surface area contributed by atoms with Crippen molar-refractivity contribution in [1.29, 1.82) is 0 Å². The lowest BCUT2D eigenvalue weighted by Gasteiger charge is -2.03. The average Bonchev–Trinajstić information content (AvgIpc) is 2.82. The molecule has 0 bridgehead atoms. The lowest BCUT2D eigenvalue weighted by atomic mass is 10.6. The van der Waals surface area contributed by atoms with E-state index in [0.717, 1.165) is 6.54 Å². The molecule has 76 valence electrons.